The fourth-order valence-electron chi connectivity index (χ4n) is 1.99. The second-order valence-electron chi connectivity index (χ2n) is 4.14. The summed E-state index contributed by atoms with van der Waals surface area (Å²) in [6, 6.07) is 3.12. The second-order valence-corrected chi connectivity index (χ2v) is 6.33. The van der Waals surface area contributed by atoms with E-state index in [4.69, 9.17) is 5.11 Å². The third-order valence-electron chi connectivity index (χ3n) is 2.91. The first-order valence-corrected chi connectivity index (χ1v) is 7.94. The van der Waals surface area contributed by atoms with Gasteiger partial charge < -0.3 is 10.0 Å². The zero-order valence-electron chi connectivity index (χ0n) is 10.5. The number of carboxylic acid groups (broad SMARTS) is 1. The topological polar surface area (TPSA) is 57.6 Å². The van der Waals surface area contributed by atoms with Crippen molar-refractivity contribution in [1.29, 1.82) is 0 Å². The summed E-state index contributed by atoms with van der Waals surface area (Å²) in [6.07, 6.45) is 3.96. The lowest BCUT2D eigenvalue weighted by molar-refractivity contribution is -0.147. The number of carbonyl (C=O) groups excluding carboxylic acids is 1. The minimum absolute atomic E-state index is 0.0402. The van der Waals surface area contributed by atoms with E-state index in [2.05, 4.69) is 0 Å². The Balaban J connectivity index is 2.12. The lowest BCUT2D eigenvalue weighted by atomic mass is 10.2. The summed E-state index contributed by atoms with van der Waals surface area (Å²) >= 11 is 3.07. The van der Waals surface area contributed by atoms with Gasteiger partial charge in [0, 0.05) is 16.7 Å². The Bertz CT molecular complexity index is 484. The van der Waals surface area contributed by atoms with Crippen LogP contribution < -0.4 is 0 Å². The summed E-state index contributed by atoms with van der Waals surface area (Å²) in [7, 11) is 0. The van der Waals surface area contributed by atoms with Crippen LogP contribution in [0.2, 0.25) is 0 Å². The van der Waals surface area contributed by atoms with E-state index in [1.54, 1.807) is 17.4 Å². The van der Waals surface area contributed by atoms with Crippen molar-refractivity contribution < 1.29 is 14.7 Å². The molecular formula is C13H15NO3S2. The Morgan fingerprint density at radius 2 is 2.37 bits per heavy atom. The Morgan fingerprint density at radius 3 is 2.95 bits per heavy atom. The summed E-state index contributed by atoms with van der Waals surface area (Å²) in [4.78, 5) is 25.8. The second kappa shape index (κ2) is 6.25. The van der Waals surface area contributed by atoms with Gasteiger partial charge in [-0.15, -0.1) is 23.1 Å². The maximum absolute atomic E-state index is 12.2. The van der Waals surface area contributed by atoms with Crippen LogP contribution >= 0.6 is 23.1 Å². The summed E-state index contributed by atoms with van der Waals surface area (Å²) in [5.74, 6) is -0.689. The van der Waals surface area contributed by atoms with Crippen LogP contribution in [0.3, 0.4) is 0 Å². The van der Waals surface area contributed by atoms with Gasteiger partial charge in [0.25, 0.3) is 0 Å². The van der Waals surface area contributed by atoms with Gasteiger partial charge in [0.1, 0.15) is 6.04 Å². The van der Waals surface area contributed by atoms with E-state index in [0.29, 0.717) is 5.75 Å². The molecule has 0 spiro atoms. The van der Waals surface area contributed by atoms with E-state index in [9.17, 15) is 9.59 Å². The Hall–Kier alpha value is -1.27. The molecule has 1 amide bonds. The van der Waals surface area contributed by atoms with Gasteiger partial charge in [-0.3, -0.25) is 4.79 Å². The average Bonchev–Trinajstić information content (AvgIpc) is 3.04. The molecule has 0 saturated carbocycles. The van der Waals surface area contributed by atoms with Crippen molar-refractivity contribution in [1.82, 2.24) is 4.90 Å². The summed E-state index contributed by atoms with van der Waals surface area (Å²) in [5, 5.41) is 11.1. The number of rotatable bonds is 4. The highest BCUT2D eigenvalue weighted by Gasteiger charge is 2.39. The van der Waals surface area contributed by atoms with Crippen LogP contribution in [0.4, 0.5) is 0 Å². The van der Waals surface area contributed by atoms with Crippen molar-refractivity contribution in [3.8, 4) is 0 Å². The van der Waals surface area contributed by atoms with Crippen molar-refractivity contribution in [2.45, 2.75) is 24.8 Å². The molecule has 19 heavy (non-hydrogen) atoms. The van der Waals surface area contributed by atoms with E-state index in [0.717, 1.165) is 11.3 Å². The Morgan fingerprint density at radius 1 is 1.58 bits per heavy atom. The first-order chi connectivity index (χ1) is 9.13. The lowest BCUT2D eigenvalue weighted by Crippen LogP contribution is -2.44. The molecule has 1 aromatic heterocycles. The van der Waals surface area contributed by atoms with Gasteiger partial charge in [-0.25, -0.2) is 4.79 Å². The Kier molecular flexibility index (Phi) is 4.66. The molecule has 0 radical (unpaired) electrons. The molecule has 0 aliphatic carbocycles. The summed E-state index contributed by atoms with van der Waals surface area (Å²) < 4.78 is 0. The maximum Gasteiger partial charge on any atom is 0.327 e. The average molecular weight is 297 g/mol. The Labute approximate surface area is 120 Å². The number of carboxylic acids is 1. The van der Waals surface area contributed by atoms with E-state index in [-0.39, 0.29) is 11.3 Å². The molecule has 6 heteroatoms. The van der Waals surface area contributed by atoms with Crippen LogP contribution in [0.5, 0.6) is 0 Å². The predicted molar refractivity (Wildman–Crippen MR) is 78.2 cm³/mol. The molecule has 2 heterocycles. The van der Waals surface area contributed by atoms with Gasteiger partial charge in [0.15, 0.2) is 0 Å². The molecule has 102 valence electrons. The van der Waals surface area contributed by atoms with E-state index in [1.807, 2.05) is 24.4 Å². The number of carbonyl (C=O) groups is 2. The third-order valence-corrected chi connectivity index (χ3v) is 5.21. The van der Waals surface area contributed by atoms with E-state index >= 15 is 0 Å². The fourth-order valence-corrected chi connectivity index (χ4v) is 3.96. The molecular weight excluding hydrogens is 282 g/mol. The van der Waals surface area contributed by atoms with Crippen LogP contribution in [0.25, 0.3) is 6.08 Å². The van der Waals surface area contributed by atoms with Gasteiger partial charge in [-0.2, -0.15) is 0 Å². The molecule has 1 fully saturated rings. The summed E-state index contributed by atoms with van der Waals surface area (Å²) in [5.41, 5.74) is 0. The largest absolute Gasteiger partial charge is 0.480 e. The molecule has 1 N–H and O–H groups in total. The molecule has 2 rings (SSSR count). The molecule has 2 atom stereocenters. The van der Waals surface area contributed by atoms with Gasteiger partial charge >= 0.3 is 5.97 Å². The molecule has 1 saturated heterocycles. The maximum atomic E-state index is 12.2. The van der Waals surface area contributed by atoms with Crippen LogP contribution in [0.1, 0.15) is 18.2 Å². The number of hydrogen-bond acceptors (Lipinski definition) is 4. The van der Waals surface area contributed by atoms with E-state index in [1.165, 1.54) is 22.7 Å². The van der Waals surface area contributed by atoms with Crippen LogP contribution in [-0.2, 0) is 9.59 Å². The molecule has 0 aromatic carbocycles. The molecule has 1 aromatic rings. The quantitative estimate of drug-likeness (QED) is 0.868. The van der Waals surface area contributed by atoms with Gasteiger partial charge in [0.05, 0.1) is 5.37 Å². The smallest absolute Gasteiger partial charge is 0.327 e. The van der Waals surface area contributed by atoms with Crippen LogP contribution in [0, 0.1) is 0 Å². The highest BCUT2D eigenvalue weighted by Crippen LogP contribution is 2.31. The standard InChI is InChI=1S/C13H15NO3S2/c1-2-12-14(10(8-19-12)13(16)17)11(15)6-5-9-4-3-7-18-9/h3-7,10,12H,2,8H2,1H3,(H,16,17)/b6-5+. The number of hydrogen-bond donors (Lipinski definition) is 1. The van der Waals surface area contributed by atoms with Crippen molar-refractivity contribution in [2.24, 2.45) is 0 Å². The zero-order chi connectivity index (χ0) is 13.8. The highest BCUT2D eigenvalue weighted by atomic mass is 32.2. The van der Waals surface area contributed by atoms with Crippen LogP contribution in [0.15, 0.2) is 23.6 Å². The summed E-state index contributed by atoms with van der Waals surface area (Å²) in [6.45, 7) is 1.96. The van der Waals surface area contributed by atoms with Crippen molar-refractivity contribution in [3.63, 3.8) is 0 Å². The van der Waals surface area contributed by atoms with Crippen molar-refractivity contribution >= 4 is 41.1 Å². The molecule has 1 aliphatic heterocycles. The number of amides is 1. The zero-order valence-corrected chi connectivity index (χ0v) is 12.1. The van der Waals surface area contributed by atoms with Crippen molar-refractivity contribution in [2.75, 3.05) is 5.75 Å². The third kappa shape index (κ3) is 3.19. The first kappa shape index (κ1) is 14.1. The van der Waals surface area contributed by atoms with E-state index < -0.39 is 12.0 Å². The predicted octanol–water partition coefficient (Wildman–Crippen LogP) is 2.53. The van der Waals surface area contributed by atoms with Gasteiger partial charge in [-0.05, 0) is 23.9 Å². The number of thiophene rings is 1. The van der Waals surface area contributed by atoms with Gasteiger partial charge in [0.2, 0.25) is 5.91 Å². The minimum Gasteiger partial charge on any atom is -0.480 e. The fraction of sp³-hybridized carbons (Fsp3) is 0.385. The number of aliphatic carboxylic acids is 1. The molecule has 4 nitrogen and oxygen atoms in total. The highest BCUT2D eigenvalue weighted by molar-refractivity contribution is 8.00. The molecule has 1 aliphatic rings. The SMILES string of the molecule is CCC1SCC(C(=O)O)N1C(=O)/C=C/c1cccs1. The monoisotopic (exact) mass is 297 g/mol. The normalized spacial score (nSPS) is 23.1. The van der Waals surface area contributed by atoms with Crippen molar-refractivity contribution in [3.05, 3.63) is 28.5 Å². The van der Waals surface area contributed by atoms with Crippen LogP contribution in [-0.4, -0.2) is 39.1 Å². The molecule has 2 unspecified atom stereocenters. The number of nitrogens with zero attached hydrogens (tertiary/aromatic N) is 1. The molecule has 0 bridgehead atoms. The van der Waals surface area contributed by atoms with Gasteiger partial charge in [-0.1, -0.05) is 13.0 Å². The minimum atomic E-state index is -0.929. The lowest BCUT2D eigenvalue weighted by Gasteiger charge is -2.25. The number of thioether (sulfide) groups is 1. The first-order valence-electron chi connectivity index (χ1n) is 6.01.